The fourth-order valence-electron chi connectivity index (χ4n) is 1.76. The van der Waals surface area contributed by atoms with Gasteiger partial charge in [-0.2, -0.15) is 0 Å². The van der Waals surface area contributed by atoms with Crippen molar-refractivity contribution in [3.05, 3.63) is 42.1 Å². The van der Waals surface area contributed by atoms with E-state index in [1.165, 1.54) is 5.56 Å². The molecule has 0 saturated heterocycles. The average Bonchev–Trinajstić information content (AvgIpc) is 2.72. The molecule has 4 heteroatoms. The van der Waals surface area contributed by atoms with Crippen LogP contribution >= 0.6 is 0 Å². The van der Waals surface area contributed by atoms with Crippen LogP contribution in [0.25, 0.3) is 22.6 Å². The molecule has 0 fully saturated rings. The van der Waals surface area contributed by atoms with Gasteiger partial charge in [-0.05, 0) is 31.2 Å². The fourth-order valence-corrected chi connectivity index (χ4v) is 1.76. The number of hydrogen-bond donors (Lipinski definition) is 1. The maximum absolute atomic E-state index is 5.68. The van der Waals surface area contributed by atoms with E-state index < -0.39 is 0 Å². The van der Waals surface area contributed by atoms with Gasteiger partial charge in [0.1, 0.15) is 11.4 Å². The third kappa shape index (κ3) is 1.73. The van der Waals surface area contributed by atoms with Crippen molar-refractivity contribution in [1.82, 2.24) is 9.97 Å². The Balaban J connectivity index is 2.18. The van der Waals surface area contributed by atoms with Crippen molar-refractivity contribution in [3.63, 3.8) is 0 Å². The average molecular weight is 225 g/mol. The van der Waals surface area contributed by atoms with Gasteiger partial charge in [-0.1, -0.05) is 11.6 Å². The largest absolute Gasteiger partial charge is 0.453 e. The summed E-state index contributed by atoms with van der Waals surface area (Å²) >= 11 is 0. The Labute approximate surface area is 98.1 Å². The summed E-state index contributed by atoms with van der Waals surface area (Å²) in [6.07, 6.45) is 1.62. The van der Waals surface area contributed by atoms with Gasteiger partial charge in [-0.25, -0.2) is 9.97 Å². The van der Waals surface area contributed by atoms with Gasteiger partial charge >= 0.3 is 0 Å². The summed E-state index contributed by atoms with van der Waals surface area (Å²) in [6, 6.07) is 9.60. The molecule has 2 N–H and O–H groups in total. The maximum Gasteiger partial charge on any atom is 0.197 e. The van der Waals surface area contributed by atoms with Crippen LogP contribution in [0.5, 0.6) is 0 Å². The summed E-state index contributed by atoms with van der Waals surface area (Å²) in [4.78, 5) is 8.28. The lowest BCUT2D eigenvalue weighted by atomic mass is 10.2. The monoisotopic (exact) mass is 225 g/mol. The first-order valence-corrected chi connectivity index (χ1v) is 5.31. The Bertz CT molecular complexity index is 688. The van der Waals surface area contributed by atoms with E-state index in [0.717, 1.165) is 11.0 Å². The van der Waals surface area contributed by atoms with Gasteiger partial charge in [-0.15, -0.1) is 0 Å². The van der Waals surface area contributed by atoms with Gasteiger partial charge < -0.3 is 10.2 Å². The van der Waals surface area contributed by atoms with Crippen LogP contribution in [0.2, 0.25) is 0 Å². The quantitative estimate of drug-likeness (QED) is 0.691. The van der Waals surface area contributed by atoms with Crippen LogP contribution in [-0.2, 0) is 0 Å². The lowest BCUT2D eigenvalue weighted by Crippen LogP contribution is -1.93. The number of fused-ring (bicyclic) bond motifs is 1. The van der Waals surface area contributed by atoms with Gasteiger partial charge in [0.05, 0.1) is 0 Å². The van der Waals surface area contributed by atoms with E-state index in [-0.39, 0.29) is 0 Å². The van der Waals surface area contributed by atoms with Crippen molar-refractivity contribution in [2.45, 2.75) is 6.92 Å². The topological polar surface area (TPSA) is 64.9 Å². The maximum atomic E-state index is 5.68. The smallest absolute Gasteiger partial charge is 0.197 e. The third-order valence-electron chi connectivity index (χ3n) is 2.57. The molecule has 3 rings (SSSR count). The molecular weight excluding hydrogens is 214 g/mol. The minimum atomic E-state index is 0.437. The second-order valence-corrected chi connectivity index (χ2v) is 3.96. The van der Waals surface area contributed by atoms with Crippen molar-refractivity contribution in [2.24, 2.45) is 0 Å². The number of rotatable bonds is 1. The lowest BCUT2D eigenvalue weighted by molar-refractivity contribution is 0.625. The number of nitrogen functional groups attached to an aromatic ring is 1. The number of aryl methyl sites for hydroxylation is 1. The summed E-state index contributed by atoms with van der Waals surface area (Å²) in [7, 11) is 0. The number of nitrogens with two attached hydrogens (primary N) is 1. The SMILES string of the molecule is Cc1ccc2oc(-c3nccc(N)n3)cc2c1. The van der Waals surface area contributed by atoms with Crippen LogP contribution in [0.1, 0.15) is 5.56 Å². The summed E-state index contributed by atoms with van der Waals surface area (Å²) in [5.74, 6) is 1.59. The molecule has 2 aromatic heterocycles. The molecule has 0 amide bonds. The first kappa shape index (κ1) is 9.84. The molecule has 0 radical (unpaired) electrons. The Morgan fingerprint density at radius 2 is 2.06 bits per heavy atom. The van der Waals surface area contributed by atoms with E-state index in [9.17, 15) is 0 Å². The van der Waals surface area contributed by atoms with Gasteiger partial charge in [0, 0.05) is 11.6 Å². The van der Waals surface area contributed by atoms with Crippen LogP contribution < -0.4 is 5.73 Å². The van der Waals surface area contributed by atoms with Crippen molar-refractivity contribution in [1.29, 1.82) is 0 Å². The van der Waals surface area contributed by atoms with Crippen molar-refractivity contribution in [2.75, 3.05) is 5.73 Å². The molecule has 17 heavy (non-hydrogen) atoms. The molecule has 0 aliphatic carbocycles. The molecule has 4 nitrogen and oxygen atoms in total. The van der Waals surface area contributed by atoms with Gasteiger partial charge in [0.25, 0.3) is 0 Å². The van der Waals surface area contributed by atoms with Crippen LogP contribution in [0, 0.1) is 6.92 Å². The summed E-state index contributed by atoms with van der Waals surface area (Å²) in [5, 5.41) is 1.05. The number of hydrogen-bond acceptors (Lipinski definition) is 4. The number of benzene rings is 1. The van der Waals surface area contributed by atoms with E-state index >= 15 is 0 Å². The first-order chi connectivity index (χ1) is 8.22. The number of anilines is 1. The Kier molecular flexibility index (Phi) is 2.08. The molecule has 2 heterocycles. The number of furan rings is 1. The van der Waals surface area contributed by atoms with E-state index in [4.69, 9.17) is 10.2 Å². The molecule has 3 aromatic rings. The zero-order valence-corrected chi connectivity index (χ0v) is 9.34. The van der Waals surface area contributed by atoms with Crippen molar-refractivity contribution < 1.29 is 4.42 Å². The van der Waals surface area contributed by atoms with Crippen molar-refractivity contribution >= 4 is 16.8 Å². The Morgan fingerprint density at radius 1 is 1.18 bits per heavy atom. The highest BCUT2D eigenvalue weighted by molar-refractivity contribution is 5.82. The Hall–Kier alpha value is -2.36. The van der Waals surface area contributed by atoms with E-state index in [1.807, 2.05) is 25.1 Å². The van der Waals surface area contributed by atoms with Crippen LogP contribution in [0.4, 0.5) is 5.82 Å². The summed E-state index contributed by atoms with van der Waals surface area (Å²) < 4.78 is 5.68. The highest BCUT2D eigenvalue weighted by Crippen LogP contribution is 2.26. The minimum absolute atomic E-state index is 0.437. The molecule has 0 spiro atoms. The van der Waals surface area contributed by atoms with Gasteiger partial charge in [0.2, 0.25) is 0 Å². The molecule has 0 aliphatic rings. The van der Waals surface area contributed by atoms with E-state index in [2.05, 4.69) is 16.0 Å². The molecule has 0 saturated carbocycles. The zero-order chi connectivity index (χ0) is 11.8. The highest BCUT2D eigenvalue weighted by atomic mass is 16.3. The van der Waals surface area contributed by atoms with Crippen LogP contribution in [0.3, 0.4) is 0 Å². The van der Waals surface area contributed by atoms with Crippen LogP contribution in [-0.4, -0.2) is 9.97 Å². The molecule has 0 bridgehead atoms. The van der Waals surface area contributed by atoms with Crippen LogP contribution in [0.15, 0.2) is 40.9 Å². The normalized spacial score (nSPS) is 10.9. The predicted octanol–water partition coefficient (Wildman–Crippen LogP) is 2.78. The third-order valence-corrected chi connectivity index (χ3v) is 2.57. The van der Waals surface area contributed by atoms with Gasteiger partial charge in [0.15, 0.2) is 11.6 Å². The Morgan fingerprint density at radius 3 is 2.88 bits per heavy atom. The molecule has 0 aliphatic heterocycles. The second-order valence-electron chi connectivity index (χ2n) is 3.96. The molecule has 1 aromatic carbocycles. The zero-order valence-electron chi connectivity index (χ0n) is 9.34. The van der Waals surface area contributed by atoms with Crippen molar-refractivity contribution in [3.8, 4) is 11.6 Å². The number of nitrogens with zero attached hydrogens (tertiary/aromatic N) is 2. The molecule has 0 atom stereocenters. The summed E-state index contributed by atoms with van der Waals surface area (Å²) in [6.45, 7) is 2.04. The van der Waals surface area contributed by atoms with Gasteiger partial charge in [-0.3, -0.25) is 0 Å². The standard InChI is InChI=1S/C13H11N3O/c1-8-2-3-10-9(6-8)7-11(17-10)13-15-5-4-12(14)16-13/h2-7H,1H3,(H2,14,15,16). The number of aromatic nitrogens is 2. The first-order valence-electron chi connectivity index (χ1n) is 5.31. The minimum Gasteiger partial charge on any atom is -0.453 e. The van der Waals surface area contributed by atoms with E-state index in [0.29, 0.717) is 17.4 Å². The summed E-state index contributed by atoms with van der Waals surface area (Å²) in [5.41, 5.74) is 7.64. The fraction of sp³-hybridized carbons (Fsp3) is 0.0769. The molecule has 84 valence electrons. The van der Waals surface area contributed by atoms with E-state index in [1.54, 1.807) is 12.3 Å². The predicted molar refractivity (Wildman–Crippen MR) is 66.4 cm³/mol. The molecule has 0 unspecified atom stereocenters. The second kappa shape index (κ2) is 3.59. The lowest BCUT2D eigenvalue weighted by Gasteiger charge is -1.95. The molecular formula is C13H11N3O. The highest BCUT2D eigenvalue weighted by Gasteiger charge is 2.08.